The van der Waals surface area contributed by atoms with Crippen LogP contribution >= 0.6 is 0 Å². The van der Waals surface area contributed by atoms with Crippen molar-refractivity contribution in [2.75, 3.05) is 13.7 Å². The van der Waals surface area contributed by atoms with Crippen molar-refractivity contribution >= 4 is 11.9 Å². The second kappa shape index (κ2) is 11.1. The predicted octanol–water partition coefficient (Wildman–Crippen LogP) is 3.36. The van der Waals surface area contributed by atoms with Gasteiger partial charge in [-0.25, -0.2) is 4.79 Å². The Bertz CT molecular complexity index is 960. The third-order valence-electron chi connectivity index (χ3n) is 4.88. The SMILES string of the molecule is C=C(Cc1c(C)cn(Cc2ccccc2)c(=O)c1CCCC(=O)OCC)C(=O)OC. The van der Waals surface area contributed by atoms with E-state index in [2.05, 4.69) is 6.58 Å². The minimum absolute atomic E-state index is 0.124. The molecular formula is C24H29NO5. The molecule has 2 aromatic rings. The first-order valence-corrected chi connectivity index (χ1v) is 10.0. The first-order valence-electron chi connectivity index (χ1n) is 10.0. The molecule has 1 aromatic heterocycles. The summed E-state index contributed by atoms with van der Waals surface area (Å²) in [6.07, 6.45) is 3.18. The van der Waals surface area contributed by atoms with E-state index in [4.69, 9.17) is 9.47 Å². The molecule has 0 saturated carbocycles. The number of carbonyl (C=O) groups is 2. The van der Waals surface area contributed by atoms with Crippen molar-refractivity contribution in [3.05, 3.63) is 81.3 Å². The van der Waals surface area contributed by atoms with Gasteiger partial charge in [0.15, 0.2) is 0 Å². The molecule has 0 aliphatic carbocycles. The molecule has 0 bridgehead atoms. The van der Waals surface area contributed by atoms with Gasteiger partial charge in [-0.2, -0.15) is 0 Å². The average Bonchev–Trinajstić information content (AvgIpc) is 2.73. The number of pyridine rings is 1. The van der Waals surface area contributed by atoms with E-state index in [1.807, 2.05) is 43.5 Å². The maximum absolute atomic E-state index is 13.3. The number of nitrogens with zero attached hydrogens (tertiary/aromatic N) is 1. The van der Waals surface area contributed by atoms with Crippen LogP contribution in [0.2, 0.25) is 0 Å². The number of ether oxygens (including phenoxy) is 2. The van der Waals surface area contributed by atoms with E-state index < -0.39 is 5.97 Å². The number of carbonyl (C=O) groups excluding carboxylic acids is 2. The summed E-state index contributed by atoms with van der Waals surface area (Å²) >= 11 is 0. The summed E-state index contributed by atoms with van der Waals surface area (Å²) in [7, 11) is 1.30. The van der Waals surface area contributed by atoms with Gasteiger partial charge in [0.25, 0.3) is 5.56 Å². The van der Waals surface area contributed by atoms with Crippen LogP contribution in [0.4, 0.5) is 0 Å². The molecule has 2 rings (SSSR count). The molecule has 160 valence electrons. The van der Waals surface area contributed by atoms with Gasteiger partial charge >= 0.3 is 11.9 Å². The Morgan fingerprint density at radius 1 is 1.13 bits per heavy atom. The maximum atomic E-state index is 13.3. The Labute approximate surface area is 177 Å². The van der Waals surface area contributed by atoms with Crippen LogP contribution in [0.1, 0.15) is 42.0 Å². The number of esters is 2. The van der Waals surface area contributed by atoms with Crippen molar-refractivity contribution < 1.29 is 19.1 Å². The summed E-state index contributed by atoms with van der Waals surface area (Å²) in [6.45, 7) is 8.25. The maximum Gasteiger partial charge on any atom is 0.333 e. The second-order valence-electron chi connectivity index (χ2n) is 7.12. The van der Waals surface area contributed by atoms with Gasteiger partial charge in [0.1, 0.15) is 0 Å². The van der Waals surface area contributed by atoms with Crippen LogP contribution in [0.15, 0.2) is 53.5 Å². The predicted molar refractivity (Wildman–Crippen MR) is 115 cm³/mol. The number of hydrogen-bond acceptors (Lipinski definition) is 5. The molecule has 0 N–H and O–H groups in total. The first-order chi connectivity index (χ1) is 14.4. The average molecular weight is 411 g/mol. The fourth-order valence-electron chi connectivity index (χ4n) is 3.38. The normalized spacial score (nSPS) is 10.5. The van der Waals surface area contributed by atoms with Crippen molar-refractivity contribution in [1.29, 1.82) is 0 Å². The number of rotatable bonds is 10. The zero-order valence-electron chi connectivity index (χ0n) is 17.9. The molecule has 0 fully saturated rings. The van der Waals surface area contributed by atoms with E-state index in [1.165, 1.54) is 7.11 Å². The zero-order valence-corrected chi connectivity index (χ0v) is 17.9. The lowest BCUT2D eigenvalue weighted by Gasteiger charge is -2.17. The topological polar surface area (TPSA) is 74.6 Å². The van der Waals surface area contributed by atoms with E-state index >= 15 is 0 Å². The second-order valence-corrected chi connectivity index (χ2v) is 7.12. The molecule has 0 spiro atoms. The Morgan fingerprint density at radius 2 is 1.83 bits per heavy atom. The van der Waals surface area contributed by atoms with Crippen molar-refractivity contribution in [1.82, 2.24) is 4.57 Å². The van der Waals surface area contributed by atoms with Crippen LogP contribution in [-0.4, -0.2) is 30.2 Å². The van der Waals surface area contributed by atoms with E-state index in [0.29, 0.717) is 31.6 Å². The van der Waals surface area contributed by atoms with Crippen LogP contribution in [0.5, 0.6) is 0 Å². The molecule has 0 unspecified atom stereocenters. The molecule has 0 aliphatic rings. The summed E-state index contributed by atoms with van der Waals surface area (Å²) < 4.78 is 11.4. The highest BCUT2D eigenvalue weighted by Gasteiger charge is 2.18. The molecule has 6 heteroatoms. The summed E-state index contributed by atoms with van der Waals surface area (Å²) in [5, 5.41) is 0. The molecule has 1 heterocycles. The van der Waals surface area contributed by atoms with Crippen LogP contribution in [0.3, 0.4) is 0 Å². The monoisotopic (exact) mass is 411 g/mol. The standard InChI is InChI=1S/C24H29NO5/c1-5-30-22(26)13-9-12-20-21(14-17(2)24(28)29-4)18(3)15-25(23(20)27)16-19-10-7-6-8-11-19/h6-8,10-11,15H,2,5,9,12-14,16H2,1,3-4H3. The van der Waals surface area contributed by atoms with Gasteiger partial charge in [-0.15, -0.1) is 0 Å². The van der Waals surface area contributed by atoms with Gasteiger partial charge < -0.3 is 14.0 Å². The van der Waals surface area contributed by atoms with E-state index in [1.54, 1.807) is 11.5 Å². The fraction of sp³-hybridized carbons (Fsp3) is 0.375. The van der Waals surface area contributed by atoms with E-state index in [-0.39, 0.29) is 29.9 Å². The highest BCUT2D eigenvalue weighted by molar-refractivity contribution is 5.88. The van der Waals surface area contributed by atoms with Gasteiger partial charge in [-0.1, -0.05) is 36.9 Å². The van der Waals surface area contributed by atoms with Crippen molar-refractivity contribution in [2.45, 2.75) is 46.1 Å². The number of aromatic nitrogens is 1. The van der Waals surface area contributed by atoms with Crippen LogP contribution in [-0.2, 0) is 38.4 Å². The lowest BCUT2D eigenvalue weighted by Crippen LogP contribution is -2.27. The quantitative estimate of drug-likeness (QED) is 0.443. The van der Waals surface area contributed by atoms with Gasteiger partial charge in [-0.3, -0.25) is 9.59 Å². The van der Waals surface area contributed by atoms with Gasteiger partial charge in [-0.05, 0) is 43.4 Å². The molecule has 0 atom stereocenters. The highest BCUT2D eigenvalue weighted by Crippen LogP contribution is 2.18. The largest absolute Gasteiger partial charge is 0.466 e. The summed E-state index contributed by atoms with van der Waals surface area (Å²) in [6, 6.07) is 9.73. The van der Waals surface area contributed by atoms with Crippen LogP contribution in [0, 0.1) is 6.92 Å². The van der Waals surface area contributed by atoms with E-state index in [0.717, 1.165) is 16.7 Å². The van der Waals surface area contributed by atoms with Gasteiger partial charge in [0.05, 0.1) is 20.3 Å². The Kier molecular flexibility index (Phi) is 8.59. The lowest BCUT2D eigenvalue weighted by atomic mass is 9.94. The highest BCUT2D eigenvalue weighted by atomic mass is 16.5. The summed E-state index contributed by atoms with van der Waals surface area (Å²) in [4.78, 5) is 36.8. The molecule has 0 saturated heterocycles. The fourth-order valence-corrected chi connectivity index (χ4v) is 3.38. The first kappa shape index (κ1) is 23.1. The minimum Gasteiger partial charge on any atom is -0.466 e. The number of aryl methyl sites for hydroxylation is 1. The third kappa shape index (κ3) is 6.17. The summed E-state index contributed by atoms with van der Waals surface area (Å²) in [5.74, 6) is -0.782. The Morgan fingerprint density at radius 3 is 2.47 bits per heavy atom. The third-order valence-corrected chi connectivity index (χ3v) is 4.88. The number of hydrogen-bond donors (Lipinski definition) is 0. The van der Waals surface area contributed by atoms with Crippen molar-refractivity contribution in [3.8, 4) is 0 Å². The Hall–Kier alpha value is -3.15. The number of methoxy groups -OCH3 is 1. The lowest BCUT2D eigenvalue weighted by molar-refractivity contribution is -0.143. The van der Waals surface area contributed by atoms with Crippen molar-refractivity contribution in [2.24, 2.45) is 0 Å². The van der Waals surface area contributed by atoms with Gasteiger partial charge in [0.2, 0.25) is 0 Å². The molecular weight excluding hydrogens is 382 g/mol. The smallest absolute Gasteiger partial charge is 0.333 e. The Balaban J connectivity index is 2.37. The number of benzene rings is 1. The van der Waals surface area contributed by atoms with Crippen LogP contribution < -0.4 is 5.56 Å². The van der Waals surface area contributed by atoms with Gasteiger partial charge in [0, 0.05) is 30.2 Å². The van der Waals surface area contributed by atoms with E-state index in [9.17, 15) is 14.4 Å². The zero-order chi connectivity index (χ0) is 22.1. The molecule has 6 nitrogen and oxygen atoms in total. The molecule has 1 aromatic carbocycles. The molecule has 0 amide bonds. The molecule has 0 aliphatic heterocycles. The van der Waals surface area contributed by atoms with Crippen LogP contribution in [0.25, 0.3) is 0 Å². The molecule has 30 heavy (non-hydrogen) atoms. The minimum atomic E-state index is -0.500. The molecule has 0 radical (unpaired) electrons. The van der Waals surface area contributed by atoms with Crippen molar-refractivity contribution in [3.63, 3.8) is 0 Å². The summed E-state index contributed by atoms with van der Waals surface area (Å²) in [5.41, 5.74) is 3.43.